The predicted molar refractivity (Wildman–Crippen MR) is 64.9 cm³/mol. The van der Waals surface area contributed by atoms with Crippen molar-refractivity contribution < 1.29 is 19.0 Å². The average molecular weight is 305 g/mol. The van der Waals surface area contributed by atoms with Crippen LogP contribution in [0.2, 0.25) is 0 Å². The van der Waals surface area contributed by atoms with Crippen molar-refractivity contribution in [3.8, 4) is 0 Å². The van der Waals surface area contributed by atoms with E-state index in [0.29, 0.717) is 4.47 Å². The van der Waals surface area contributed by atoms with E-state index in [4.69, 9.17) is 0 Å². The first-order valence-corrected chi connectivity index (χ1v) is 5.95. The van der Waals surface area contributed by atoms with Gasteiger partial charge in [0.05, 0.1) is 19.1 Å². The molecule has 0 spiro atoms. The average Bonchev–Trinajstić information content (AvgIpc) is 2.30. The monoisotopic (exact) mass is 304 g/mol. The van der Waals surface area contributed by atoms with Crippen LogP contribution in [0.25, 0.3) is 0 Å². The second kappa shape index (κ2) is 6.12. The van der Waals surface area contributed by atoms with Gasteiger partial charge in [-0.25, -0.2) is 4.39 Å². The molecule has 2 atom stereocenters. The number of methoxy groups -OCH3 is 1. The molecule has 0 aliphatic carbocycles. The number of ether oxygens (including phenoxy) is 1. The minimum atomic E-state index is -1.03. The van der Waals surface area contributed by atoms with Gasteiger partial charge in [0, 0.05) is 10.0 Å². The zero-order valence-electron chi connectivity index (χ0n) is 9.61. The number of benzene rings is 1. The molecule has 1 rings (SSSR count). The highest BCUT2D eigenvalue weighted by Crippen LogP contribution is 2.26. The number of hydrogen-bond acceptors (Lipinski definition) is 3. The summed E-state index contributed by atoms with van der Waals surface area (Å²) in [4.78, 5) is 11.2. The van der Waals surface area contributed by atoms with Crippen LogP contribution < -0.4 is 0 Å². The smallest absolute Gasteiger partial charge is 0.308 e. The van der Waals surface area contributed by atoms with Gasteiger partial charge in [0.1, 0.15) is 5.82 Å². The molecule has 5 heteroatoms. The van der Waals surface area contributed by atoms with Gasteiger partial charge in [-0.05, 0) is 24.6 Å². The van der Waals surface area contributed by atoms with Crippen LogP contribution in [0, 0.1) is 11.7 Å². The molecule has 3 nitrogen and oxygen atoms in total. The summed E-state index contributed by atoms with van der Waals surface area (Å²) in [6.07, 6.45) is -0.901. The highest BCUT2D eigenvalue weighted by Gasteiger charge is 2.21. The molecular weight excluding hydrogens is 291 g/mol. The molecule has 0 heterocycles. The number of aliphatic hydroxyl groups excluding tert-OH is 1. The second-order valence-electron chi connectivity index (χ2n) is 3.84. The van der Waals surface area contributed by atoms with E-state index in [0.717, 1.165) is 0 Å². The van der Waals surface area contributed by atoms with E-state index in [2.05, 4.69) is 20.7 Å². The number of aliphatic hydroxyl groups is 1. The summed E-state index contributed by atoms with van der Waals surface area (Å²) in [5.74, 6) is -1.38. The van der Waals surface area contributed by atoms with E-state index in [1.165, 1.54) is 19.2 Å². The third-order valence-electron chi connectivity index (χ3n) is 2.50. The summed E-state index contributed by atoms with van der Waals surface area (Å²) >= 11 is 3.20. The fourth-order valence-corrected chi connectivity index (χ4v) is 1.91. The molecule has 0 aliphatic rings. The maximum Gasteiger partial charge on any atom is 0.308 e. The van der Waals surface area contributed by atoms with E-state index in [1.54, 1.807) is 13.0 Å². The van der Waals surface area contributed by atoms with Crippen LogP contribution in [0.5, 0.6) is 0 Å². The molecule has 0 bridgehead atoms. The highest BCUT2D eigenvalue weighted by atomic mass is 79.9. The van der Waals surface area contributed by atoms with Crippen LogP contribution in [0.1, 0.15) is 25.0 Å². The van der Waals surface area contributed by atoms with Crippen LogP contribution in [0.4, 0.5) is 4.39 Å². The van der Waals surface area contributed by atoms with Crippen LogP contribution in [-0.2, 0) is 9.53 Å². The van der Waals surface area contributed by atoms with Crippen LogP contribution in [0.3, 0.4) is 0 Å². The Labute approximate surface area is 108 Å². The van der Waals surface area contributed by atoms with Crippen molar-refractivity contribution in [1.82, 2.24) is 0 Å². The summed E-state index contributed by atoms with van der Waals surface area (Å²) in [6, 6.07) is 4.32. The van der Waals surface area contributed by atoms with Crippen molar-refractivity contribution in [1.29, 1.82) is 0 Å². The Bertz CT molecular complexity index is 409. The van der Waals surface area contributed by atoms with Crippen molar-refractivity contribution in [3.63, 3.8) is 0 Å². The molecule has 0 aliphatic heterocycles. The zero-order valence-corrected chi connectivity index (χ0v) is 11.2. The first-order valence-electron chi connectivity index (χ1n) is 5.16. The molecule has 2 unspecified atom stereocenters. The Kier molecular flexibility index (Phi) is 5.08. The number of halogens is 2. The van der Waals surface area contributed by atoms with E-state index < -0.39 is 23.8 Å². The number of carbonyl (C=O) groups is 1. The van der Waals surface area contributed by atoms with Gasteiger partial charge in [-0.1, -0.05) is 22.9 Å². The Morgan fingerprint density at radius 1 is 1.59 bits per heavy atom. The summed E-state index contributed by atoms with van der Waals surface area (Å²) in [5.41, 5.74) is 0.176. The lowest BCUT2D eigenvalue weighted by molar-refractivity contribution is -0.145. The molecule has 0 radical (unpaired) electrons. The van der Waals surface area contributed by atoms with Crippen LogP contribution >= 0.6 is 15.9 Å². The molecule has 0 amide bonds. The van der Waals surface area contributed by atoms with Crippen molar-refractivity contribution in [3.05, 3.63) is 34.1 Å². The van der Waals surface area contributed by atoms with Gasteiger partial charge < -0.3 is 9.84 Å². The molecule has 0 saturated heterocycles. The molecule has 0 fully saturated rings. The predicted octanol–water partition coefficient (Wildman–Crippen LogP) is 2.82. The van der Waals surface area contributed by atoms with Crippen molar-refractivity contribution in [2.75, 3.05) is 7.11 Å². The van der Waals surface area contributed by atoms with Crippen LogP contribution in [-0.4, -0.2) is 18.2 Å². The lowest BCUT2D eigenvalue weighted by Crippen LogP contribution is -2.16. The summed E-state index contributed by atoms with van der Waals surface area (Å²) in [6.45, 7) is 1.63. The lowest BCUT2D eigenvalue weighted by Gasteiger charge is -2.15. The topological polar surface area (TPSA) is 46.5 Å². The quantitative estimate of drug-likeness (QED) is 0.870. The number of hydrogen-bond donors (Lipinski definition) is 1. The van der Waals surface area contributed by atoms with Gasteiger partial charge in [0.15, 0.2) is 0 Å². The van der Waals surface area contributed by atoms with Crippen molar-refractivity contribution in [2.45, 2.75) is 19.4 Å². The molecule has 17 heavy (non-hydrogen) atoms. The maximum absolute atomic E-state index is 13.5. The second-order valence-corrected chi connectivity index (χ2v) is 4.76. The third kappa shape index (κ3) is 3.78. The first kappa shape index (κ1) is 14.1. The molecule has 1 aromatic rings. The normalized spacial score (nSPS) is 14.2. The van der Waals surface area contributed by atoms with Gasteiger partial charge in [0.2, 0.25) is 0 Å². The molecule has 1 N–H and O–H groups in total. The SMILES string of the molecule is COC(=O)C(C)CC(O)c1cc(Br)ccc1F. The Morgan fingerprint density at radius 3 is 2.82 bits per heavy atom. The Morgan fingerprint density at radius 2 is 2.24 bits per heavy atom. The van der Waals surface area contributed by atoms with Crippen molar-refractivity contribution in [2.24, 2.45) is 5.92 Å². The van der Waals surface area contributed by atoms with Gasteiger partial charge in [-0.15, -0.1) is 0 Å². The van der Waals surface area contributed by atoms with E-state index in [1.807, 2.05) is 0 Å². The minimum absolute atomic E-state index is 0.125. The first-order chi connectivity index (χ1) is 7.95. The number of esters is 1. The molecule has 0 saturated carbocycles. The Hall–Kier alpha value is -0.940. The highest BCUT2D eigenvalue weighted by molar-refractivity contribution is 9.10. The standard InChI is InChI=1S/C12H14BrFO3/c1-7(12(16)17-2)5-11(15)9-6-8(13)3-4-10(9)14/h3-4,6-7,11,15H,5H2,1-2H3. The number of rotatable bonds is 4. The zero-order chi connectivity index (χ0) is 13.0. The molecule has 94 valence electrons. The summed E-state index contributed by atoms with van der Waals surface area (Å²) < 4.78 is 18.7. The van der Waals surface area contributed by atoms with Crippen LogP contribution in [0.15, 0.2) is 22.7 Å². The Balaban J connectivity index is 2.79. The minimum Gasteiger partial charge on any atom is -0.469 e. The van der Waals surface area contributed by atoms with Gasteiger partial charge in [-0.3, -0.25) is 4.79 Å². The molecule has 1 aromatic carbocycles. The summed E-state index contributed by atoms with van der Waals surface area (Å²) in [5, 5.41) is 9.87. The largest absolute Gasteiger partial charge is 0.469 e. The van der Waals surface area contributed by atoms with Gasteiger partial charge >= 0.3 is 5.97 Å². The van der Waals surface area contributed by atoms with E-state index >= 15 is 0 Å². The fourth-order valence-electron chi connectivity index (χ4n) is 1.53. The fraction of sp³-hybridized carbons (Fsp3) is 0.417. The van der Waals surface area contributed by atoms with E-state index in [-0.39, 0.29) is 12.0 Å². The maximum atomic E-state index is 13.5. The van der Waals surface area contributed by atoms with Gasteiger partial charge in [-0.2, -0.15) is 0 Å². The lowest BCUT2D eigenvalue weighted by atomic mass is 9.98. The van der Waals surface area contributed by atoms with Crippen molar-refractivity contribution >= 4 is 21.9 Å². The molecule has 0 aromatic heterocycles. The van der Waals surface area contributed by atoms with Gasteiger partial charge in [0.25, 0.3) is 0 Å². The summed E-state index contributed by atoms with van der Waals surface area (Å²) in [7, 11) is 1.28. The number of carbonyl (C=O) groups excluding carboxylic acids is 1. The van der Waals surface area contributed by atoms with E-state index in [9.17, 15) is 14.3 Å². The third-order valence-corrected chi connectivity index (χ3v) is 2.99. The molecular formula is C12H14BrFO3.